The molecular weight excluding hydrogens is 256 g/mol. The van der Waals surface area contributed by atoms with Gasteiger partial charge in [-0.1, -0.05) is 0 Å². The molecule has 0 aromatic carbocycles. The van der Waals surface area contributed by atoms with Gasteiger partial charge in [0.15, 0.2) is 0 Å². The molecule has 1 saturated heterocycles. The predicted molar refractivity (Wildman–Crippen MR) is 68.7 cm³/mol. The van der Waals surface area contributed by atoms with E-state index in [1.54, 1.807) is 11.9 Å². The number of rotatable bonds is 4. The highest BCUT2D eigenvalue weighted by atomic mass is 35.5. The first kappa shape index (κ1) is 12.8. The van der Waals surface area contributed by atoms with E-state index in [0.29, 0.717) is 18.4 Å². The standard InChI is InChI=1S/C10H15ClN6O/c1-3-12-9-14-8(11)15-10(16-9)13-6-4-5-17(2)7(6)18/h6H,3-5H2,1-2H3,(H2,12,13,14,15,16). The lowest BCUT2D eigenvalue weighted by Crippen LogP contribution is -2.31. The number of amides is 1. The number of nitrogens with one attached hydrogen (secondary N) is 2. The number of carbonyl (C=O) groups excluding carboxylic acids is 1. The lowest BCUT2D eigenvalue weighted by molar-refractivity contribution is -0.127. The zero-order chi connectivity index (χ0) is 13.1. The average Bonchev–Trinajstić information content (AvgIpc) is 2.61. The molecule has 8 heteroatoms. The molecule has 1 aromatic rings. The van der Waals surface area contributed by atoms with Gasteiger partial charge >= 0.3 is 0 Å². The SMILES string of the molecule is CCNc1nc(Cl)nc(NC2CCN(C)C2=O)n1. The first-order chi connectivity index (χ1) is 8.60. The van der Waals surface area contributed by atoms with Crippen LogP contribution in [0.5, 0.6) is 0 Å². The first-order valence-electron chi connectivity index (χ1n) is 5.77. The normalized spacial score (nSPS) is 19.2. The number of halogens is 1. The third kappa shape index (κ3) is 2.79. The second-order valence-electron chi connectivity index (χ2n) is 4.03. The maximum absolute atomic E-state index is 11.7. The summed E-state index contributed by atoms with van der Waals surface area (Å²) in [4.78, 5) is 25.5. The molecule has 1 aromatic heterocycles. The number of anilines is 2. The van der Waals surface area contributed by atoms with E-state index in [0.717, 1.165) is 13.0 Å². The molecule has 2 rings (SSSR count). The highest BCUT2D eigenvalue weighted by Crippen LogP contribution is 2.15. The zero-order valence-electron chi connectivity index (χ0n) is 10.3. The van der Waals surface area contributed by atoms with E-state index >= 15 is 0 Å². The van der Waals surface area contributed by atoms with Crippen molar-refractivity contribution in [1.82, 2.24) is 19.9 Å². The van der Waals surface area contributed by atoms with Crippen LogP contribution >= 0.6 is 11.6 Å². The summed E-state index contributed by atoms with van der Waals surface area (Å²) >= 11 is 5.80. The molecular formula is C10H15ClN6O. The maximum Gasteiger partial charge on any atom is 0.244 e. The summed E-state index contributed by atoms with van der Waals surface area (Å²) < 4.78 is 0. The summed E-state index contributed by atoms with van der Waals surface area (Å²) in [7, 11) is 1.77. The quantitative estimate of drug-likeness (QED) is 0.834. The fraction of sp³-hybridized carbons (Fsp3) is 0.600. The van der Waals surface area contributed by atoms with Gasteiger partial charge < -0.3 is 15.5 Å². The number of aromatic nitrogens is 3. The molecule has 1 unspecified atom stereocenters. The van der Waals surface area contributed by atoms with Gasteiger partial charge in [0, 0.05) is 20.1 Å². The number of hydrogen-bond acceptors (Lipinski definition) is 6. The number of likely N-dealkylation sites (tertiary alicyclic amines) is 1. The molecule has 0 saturated carbocycles. The smallest absolute Gasteiger partial charge is 0.244 e. The van der Waals surface area contributed by atoms with Crippen molar-refractivity contribution >= 4 is 29.4 Å². The van der Waals surface area contributed by atoms with Crippen LogP contribution in [0.1, 0.15) is 13.3 Å². The summed E-state index contributed by atoms with van der Waals surface area (Å²) in [5.74, 6) is 0.759. The summed E-state index contributed by atoms with van der Waals surface area (Å²) in [6, 6.07) is -0.289. The van der Waals surface area contributed by atoms with E-state index in [9.17, 15) is 4.79 Å². The third-order valence-electron chi connectivity index (χ3n) is 2.67. The van der Waals surface area contributed by atoms with Crippen molar-refractivity contribution in [1.29, 1.82) is 0 Å². The van der Waals surface area contributed by atoms with Gasteiger partial charge in [0.05, 0.1) is 0 Å². The molecule has 2 N–H and O–H groups in total. The monoisotopic (exact) mass is 270 g/mol. The van der Waals surface area contributed by atoms with Gasteiger partial charge in [-0.25, -0.2) is 0 Å². The summed E-state index contributed by atoms with van der Waals surface area (Å²) in [5.41, 5.74) is 0. The molecule has 1 amide bonds. The number of likely N-dealkylation sites (N-methyl/N-ethyl adjacent to an activating group) is 1. The molecule has 0 bridgehead atoms. The van der Waals surface area contributed by atoms with Crippen LogP contribution in [0, 0.1) is 0 Å². The highest BCUT2D eigenvalue weighted by Gasteiger charge is 2.29. The van der Waals surface area contributed by atoms with Crippen LogP contribution in [0.3, 0.4) is 0 Å². The molecule has 98 valence electrons. The zero-order valence-corrected chi connectivity index (χ0v) is 11.0. The molecule has 1 aliphatic rings. The van der Waals surface area contributed by atoms with E-state index in [1.165, 1.54) is 0 Å². The van der Waals surface area contributed by atoms with E-state index in [-0.39, 0.29) is 17.2 Å². The minimum absolute atomic E-state index is 0.0385. The Labute approximate surface area is 110 Å². The van der Waals surface area contributed by atoms with E-state index in [1.807, 2.05) is 6.92 Å². The van der Waals surface area contributed by atoms with Gasteiger partial charge in [0.1, 0.15) is 6.04 Å². The Hall–Kier alpha value is -1.63. The number of hydrogen-bond donors (Lipinski definition) is 2. The molecule has 2 heterocycles. The van der Waals surface area contributed by atoms with Crippen molar-refractivity contribution in [3.05, 3.63) is 5.28 Å². The molecule has 0 spiro atoms. The van der Waals surface area contributed by atoms with Gasteiger partial charge in [0.25, 0.3) is 0 Å². The minimum Gasteiger partial charge on any atom is -0.354 e. The van der Waals surface area contributed by atoms with E-state index < -0.39 is 0 Å². The maximum atomic E-state index is 11.7. The number of nitrogens with zero attached hydrogens (tertiary/aromatic N) is 4. The van der Waals surface area contributed by atoms with Crippen molar-refractivity contribution in [2.45, 2.75) is 19.4 Å². The van der Waals surface area contributed by atoms with Crippen LogP contribution in [0.2, 0.25) is 5.28 Å². The summed E-state index contributed by atoms with van der Waals surface area (Å²) in [5, 5.41) is 6.03. The highest BCUT2D eigenvalue weighted by molar-refractivity contribution is 6.28. The largest absolute Gasteiger partial charge is 0.354 e. The minimum atomic E-state index is -0.289. The Morgan fingerprint density at radius 2 is 2.11 bits per heavy atom. The second-order valence-corrected chi connectivity index (χ2v) is 4.37. The van der Waals surface area contributed by atoms with Crippen LogP contribution in [-0.4, -0.2) is 51.9 Å². The van der Waals surface area contributed by atoms with Gasteiger partial charge in [-0.2, -0.15) is 15.0 Å². The van der Waals surface area contributed by atoms with Gasteiger partial charge in [-0.15, -0.1) is 0 Å². The molecule has 7 nitrogen and oxygen atoms in total. The summed E-state index contributed by atoms with van der Waals surface area (Å²) in [6.45, 7) is 3.35. The molecule has 18 heavy (non-hydrogen) atoms. The van der Waals surface area contributed by atoms with Gasteiger partial charge in [-0.05, 0) is 24.9 Å². The fourth-order valence-electron chi connectivity index (χ4n) is 1.76. The van der Waals surface area contributed by atoms with Crippen LogP contribution in [0.4, 0.5) is 11.9 Å². The topological polar surface area (TPSA) is 83.0 Å². The van der Waals surface area contributed by atoms with Crippen LogP contribution < -0.4 is 10.6 Å². The second kappa shape index (κ2) is 5.34. The third-order valence-corrected chi connectivity index (χ3v) is 2.84. The molecule has 1 atom stereocenters. The van der Waals surface area contributed by atoms with Crippen molar-refractivity contribution in [3.63, 3.8) is 0 Å². The first-order valence-corrected chi connectivity index (χ1v) is 6.15. The van der Waals surface area contributed by atoms with Gasteiger partial charge in [0.2, 0.25) is 23.1 Å². The Morgan fingerprint density at radius 3 is 2.72 bits per heavy atom. The van der Waals surface area contributed by atoms with E-state index in [2.05, 4.69) is 25.6 Å². The lowest BCUT2D eigenvalue weighted by atomic mass is 10.2. The van der Waals surface area contributed by atoms with E-state index in [4.69, 9.17) is 11.6 Å². The van der Waals surface area contributed by atoms with Crippen molar-refractivity contribution in [2.24, 2.45) is 0 Å². The predicted octanol–water partition coefficient (Wildman–Crippen LogP) is 0.599. The Balaban J connectivity index is 2.11. The van der Waals surface area contributed by atoms with Crippen LogP contribution in [0.25, 0.3) is 0 Å². The van der Waals surface area contributed by atoms with Crippen molar-refractivity contribution in [2.75, 3.05) is 30.8 Å². The Bertz CT molecular complexity index is 454. The Morgan fingerprint density at radius 1 is 1.39 bits per heavy atom. The summed E-state index contributed by atoms with van der Waals surface area (Å²) in [6.07, 6.45) is 0.731. The fourth-order valence-corrected chi connectivity index (χ4v) is 1.92. The van der Waals surface area contributed by atoms with Crippen LogP contribution in [0.15, 0.2) is 0 Å². The van der Waals surface area contributed by atoms with Gasteiger partial charge in [-0.3, -0.25) is 4.79 Å². The van der Waals surface area contributed by atoms with Crippen LogP contribution in [-0.2, 0) is 4.79 Å². The molecule has 0 radical (unpaired) electrons. The number of carbonyl (C=O) groups is 1. The molecule has 0 aliphatic carbocycles. The Kier molecular flexibility index (Phi) is 3.81. The van der Waals surface area contributed by atoms with Crippen molar-refractivity contribution < 1.29 is 4.79 Å². The lowest BCUT2D eigenvalue weighted by Gasteiger charge is -2.12. The average molecular weight is 271 g/mol. The molecule has 1 aliphatic heterocycles. The van der Waals surface area contributed by atoms with Crippen molar-refractivity contribution in [3.8, 4) is 0 Å². The molecule has 1 fully saturated rings.